The van der Waals surface area contributed by atoms with Crippen molar-refractivity contribution in [2.75, 3.05) is 13.1 Å². The fourth-order valence-electron chi connectivity index (χ4n) is 1.12. The van der Waals surface area contributed by atoms with E-state index in [0.717, 1.165) is 11.1 Å². The summed E-state index contributed by atoms with van der Waals surface area (Å²) in [4.78, 5) is 0. The quantitative estimate of drug-likeness (QED) is 0.723. The summed E-state index contributed by atoms with van der Waals surface area (Å²) in [5.74, 6) is 0. The summed E-state index contributed by atoms with van der Waals surface area (Å²) in [5.41, 5.74) is 3.39. The predicted octanol–water partition coefficient (Wildman–Crippen LogP) is 4.19. The molecule has 2 nitrogen and oxygen atoms in total. The fraction of sp³-hybridized carbons (Fsp3) is 0.571. The Labute approximate surface area is 101 Å². The third kappa shape index (κ3) is 7.43. The van der Waals surface area contributed by atoms with Crippen molar-refractivity contribution in [2.45, 2.75) is 41.5 Å². The van der Waals surface area contributed by atoms with Crippen molar-refractivity contribution in [3.05, 3.63) is 35.5 Å². The molecule has 0 radical (unpaired) electrons. The van der Waals surface area contributed by atoms with Gasteiger partial charge in [-0.25, -0.2) is 0 Å². The summed E-state index contributed by atoms with van der Waals surface area (Å²) >= 11 is 0. The molecule has 0 amide bonds. The molecule has 0 atom stereocenters. The zero-order valence-corrected chi connectivity index (χ0v) is 11.7. The third-order valence-corrected chi connectivity index (χ3v) is 1.80. The van der Waals surface area contributed by atoms with E-state index in [0.29, 0.717) is 13.1 Å². The lowest BCUT2D eigenvalue weighted by Gasteiger charge is -1.99. The molecule has 1 aliphatic heterocycles. The summed E-state index contributed by atoms with van der Waals surface area (Å²) < 4.78 is 0. The maximum atomic E-state index is 9.15. The number of hydrogen-bond acceptors (Lipinski definition) is 2. The number of rotatable bonds is 1. The normalized spacial score (nSPS) is 17.2. The Hall–Kier alpha value is -0.860. The molecule has 0 unspecified atom stereocenters. The zero-order valence-electron chi connectivity index (χ0n) is 11.7. The first kappa shape index (κ1) is 17.5. The largest absolute Gasteiger partial charge is 0.313 e. The molecule has 0 aromatic rings. The molecule has 1 fully saturated rings. The molecule has 2 heteroatoms. The molecule has 0 aromatic carbocycles. The molecule has 0 aromatic heterocycles. The van der Waals surface area contributed by atoms with Crippen LogP contribution in [-0.4, -0.2) is 23.4 Å². The lowest BCUT2D eigenvalue weighted by atomic mass is 10.1. The second-order valence-electron chi connectivity index (χ2n) is 3.36. The SMILES string of the molecule is C=C1CN(O)C/C1=C/C=C(C)C.CC.CC. The molecular formula is C14H27NO. The number of hydroxylamine groups is 2. The Kier molecular flexibility index (Phi) is 11.7. The highest BCUT2D eigenvalue weighted by Gasteiger charge is 2.16. The van der Waals surface area contributed by atoms with Crippen LogP contribution in [0.25, 0.3) is 0 Å². The molecule has 0 bridgehead atoms. The number of hydrogen-bond donors (Lipinski definition) is 1. The van der Waals surface area contributed by atoms with Gasteiger partial charge in [0.15, 0.2) is 0 Å². The van der Waals surface area contributed by atoms with Crippen LogP contribution in [0.4, 0.5) is 0 Å². The third-order valence-electron chi connectivity index (χ3n) is 1.80. The minimum Gasteiger partial charge on any atom is -0.313 e. The van der Waals surface area contributed by atoms with Crippen LogP contribution >= 0.6 is 0 Å². The summed E-state index contributed by atoms with van der Waals surface area (Å²) in [5, 5.41) is 10.4. The van der Waals surface area contributed by atoms with Crippen molar-refractivity contribution in [1.82, 2.24) is 5.06 Å². The van der Waals surface area contributed by atoms with Gasteiger partial charge in [-0.15, -0.1) is 0 Å². The van der Waals surface area contributed by atoms with E-state index in [9.17, 15) is 0 Å². The monoisotopic (exact) mass is 225 g/mol. The van der Waals surface area contributed by atoms with Gasteiger partial charge in [0.05, 0.1) is 0 Å². The fourth-order valence-corrected chi connectivity index (χ4v) is 1.12. The molecule has 16 heavy (non-hydrogen) atoms. The average molecular weight is 225 g/mol. The molecule has 1 N–H and O–H groups in total. The van der Waals surface area contributed by atoms with Crippen LogP contribution in [0.15, 0.2) is 35.5 Å². The van der Waals surface area contributed by atoms with Crippen molar-refractivity contribution in [3.8, 4) is 0 Å². The highest BCUT2D eigenvalue weighted by molar-refractivity contribution is 5.37. The predicted molar refractivity (Wildman–Crippen MR) is 72.7 cm³/mol. The smallest absolute Gasteiger partial charge is 0.0495 e. The summed E-state index contributed by atoms with van der Waals surface area (Å²) in [7, 11) is 0. The van der Waals surface area contributed by atoms with Crippen LogP contribution in [-0.2, 0) is 0 Å². The molecule has 0 aliphatic carbocycles. The molecule has 1 saturated heterocycles. The summed E-state index contributed by atoms with van der Waals surface area (Å²) in [6, 6.07) is 0. The van der Waals surface area contributed by atoms with Gasteiger partial charge >= 0.3 is 0 Å². The van der Waals surface area contributed by atoms with Crippen LogP contribution in [0.1, 0.15) is 41.5 Å². The van der Waals surface area contributed by atoms with Gasteiger partial charge in [-0.05, 0) is 25.0 Å². The average Bonchev–Trinajstić information content (AvgIpc) is 2.60. The Morgan fingerprint density at radius 3 is 2.00 bits per heavy atom. The second-order valence-corrected chi connectivity index (χ2v) is 3.36. The van der Waals surface area contributed by atoms with Crippen molar-refractivity contribution >= 4 is 0 Å². The van der Waals surface area contributed by atoms with Crippen LogP contribution in [0.5, 0.6) is 0 Å². The molecule has 1 rings (SSSR count). The van der Waals surface area contributed by atoms with Crippen LogP contribution in [0.3, 0.4) is 0 Å². The van der Waals surface area contributed by atoms with Gasteiger partial charge < -0.3 is 5.21 Å². The van der Waals surface area contributed by atoms with Gasteiger partial charge in [-0.3, -0.25) is 0 Å². The highest BCUT2D eigenvalue weighted by atomic mass is 16.5. The molecule has 1 heterocycles. The molecule has 94 valence electrons. The van der Waals surface area contributed by atoms with Crippen LogP contribution < -0.4 is 0 Å². The van der Waals surface area contributed by atoms with Gasteiger partial charge in [0, 0.05) is 13.1 Å². The Morgan fingerprint density at radius 2 is 1.69 bits per heavy atom. The Bertz CT molecular complexity index is 247. The lowest BCUT2D eigenvalue weighted by molar-refractivity contribution is -0.0614. The van der Waals surface area contributed by atoms with E-state index in [4.69, 9.17) is 5.21 Å². The number of allylic oxidation sites excluding steroid dienone is 3. The van der Waals surface area contributed by atoms with Crippen molar-refractivity contribution in [2.24, 2.45) is 0 Å². The molecule has 1 aliphatic rings. The van der Waals surface area contributed by atoms with Crippen molar-refractivity contribution < 1.29 is 5.21 Å². The van der Waals surface area contributed by atoms with E-state index < -0.39 is 0 Å². The maximum Gasteiger partial charge on any atom is 0.0495 e. The first-order valence-corrected chi connectivity index (χ1v) is 6.05. The molecular weight excluding hydrogens is 198 g/mol. The zero-order chi connectivity index (χ0) is 13.1. The first-order valence-electron chi connectivity index (χ1n) is 6.05. The topological polar surface area (TPSA) is 23.5 Å². The van der Waals surface area contributed by atoms with Gasteiger partial charge in [0.25, 0.3) is 0 Å². The van der Waals surface area contributed by atoms with Crippen LogP contribution in [0, 0.1) is 0 Å². The van der Waals surface area contributed by atoms with E-state index in [1.807, 2.05) is 53.7 Å². The van der Waals surface area contributed by atoms with E-state index in [1.165, 1.54) is 10.6 Å². The van der Waals surface area contributed by atoms with E-state index in [-0.39, 0.29) is 0 Å². The Morgan fingerprint density at radius 1 is 1.19 bits per heavy atom. The highest BCUT2D eigenvalue weighted by Crippen LogP contribution is 2.18. The summed E-state index contributed by atoms with van der Waals surface area (Å²) in [6.45, 7) is 17.1. The maximum absolute atomic E-state index is 9.15. The minimum absolute atomic E-state index is 0.572. The van der Waals surface area contributed by atoms with Crippen molar-refractivity contribution in [3.63, 3.8) is 0 Å². The molecule has 0 saturated carbocycles. The first-order chi connectivity index (χ1) is 7.59. The lowest BCUT2D eigenvalue weighted by Crippen LogP contribution is -2.12. The number of nitrogens with zero attached hydrogens (tertiary/aromatic N) is 1. The summed E-state index contributed by atoms with van der Waals surface area (Å²) in [6.07, 6.45) is 4.06. The van der Waals surface area contributed by atoms with E-state index in [2.05, 4.69) is 6.58 Å². The van der Waals surface area contributed by atoms with Gasteiger partial charge in [0.1, 0.15) is 0 Å². The van der Waals surface area contributed by atoms with Crippen molar-refractivity contribution in [1.29, 1.82) is 0 Å². The van der Waals surface area contributed by atoms with Gasteiger partial charge in [-0.1, -0.05) is 52.0 Å². The van der Waals surface area contributed by atoms with E-state index >= 15 is 0 Å². The molecule has 0 spiro atoms. The van der Waals surface area contributed by atoms with E-state index in [1.54, 1.807) is 0 Å². The standard InChI is InChI=1S/C10H15NO.2C2H6/c1-8(2)4-5-10-7-11(12)6-9(10)3;2*1-2/h4-5,12H,3,6-7H2,1-2H3;2*1-2H3/b10-5-;;. The van der Waals surface area contributed by atoms with Crippen LogP contribution in [0.2, 0.25) is 0 Å². The minimum atomic E-state index is 0.572. The Balaban J connectivity index is 0. The second kappa shape index (κ2) is 10.7. The van der Waals surface area contributed by atoms with Gasteiger partial charge in [0.2, 0.25) is 0 Å². The van der Waals surface area contributed by atoms with Gasteiger partial charge in [-0.2, -0.15) is 5.06 Å².